The molecule has 0 aliphatic carbocycles. The van der Waals surface area contributed by atoms with Crippen LogP contribution in [0.5, 0.6) is 0 Å². The van der Waals surface area contributed by atoms with Crippen molar-refractivity contribution < 1.29 is 24.2 Å². The van der Waals surface area contributed by atoms with Crippen LogP contribution < -0.4 is 5.32 Å². The first-order valence-corrected chi connectivity index (χ1v) is 10.8. The van der Waals surface area contributed by atoms with Crippen LogP contribution in [0.2, 0.25) is 0 Å². The first-order valence-electron chi connectivity index (χ1n) is 9.72. The number of nitrogens with one attached hydrogen (secondary N) is 1. The summed E-state index contributed by atoms with van der Waals surface area (Å²) in [7, 11) is 0. The normalized spacial score (nSPS) is 13.5. The largest absolute Gasteiger partial charge is 0.480 e. The highest BCUT2D eigenvalue weighted by Crippen LogP contribution is 2.15. The highest BCUT2D eigenvalue weighted by atomic mass is 35.5. The predicted octanol–water partition coefficient (Wildman–Crippen LogP) is 2.68. The van der Waals surface area contributed by atoms with Crippen molar-refractivity contribution in [3.8, 4) is 0 Å². The molecule has 0 heterocycles. The SMILES string of the molecule is CC(C)(C)OC(=O)[C@H](CC(C(=O)O)N(CCCl)CCCl)NC(=O)Cc1ccccc1. The first kappa shape index (κ1) is 26.2. The minimum absolute atomic E-state index is 0.0605. The van der Waals surface area contributed by atoms with E-state index in [-0.39, 0.29) is 37.7 Å². The van der Waals surface area contributed by atoms with Gasteiger partial charge in [-0.25, -0.2) is 4.79 Å². The molecule has 0 saturated heterocycles. The minimum atomic E-state index is -1.13. The fourth-order valence-electron chi connectivity index (χ4n) is 2.88. The van der Waals surface area contributed by atoms with Gasteiger partial charge >= 0.3 is 11.9 Å². The summed E-state index contributed by atoms with van der Waals surface area (Å²) in [6.45, 7) is 5.68. The summed E-state index contributed by atoms with van der Waals surface area (Å²) in [6, 6.07) is 6.86. The Morgan fingerprint density at radius 1 is 1.10 bits per heavy atom. The van der Waals surface area contributed by atoms with Crippen molar-refractivity contribution in [1.29, 1.82) is 0 Å². The number of alkyl halides is 2. The van der Waals surface area contributed by atoms with Crippen LogP contribution in [0, 0.1) is 0 Å². The maximum atomic E-state index is 12.7. The lowest BCUT2D eigenvalue weighted by Crippen LogP contribution is -2.52. The van der Waals surface area contributed by atoms with Gasteiger partial charge < -0.3 is 15.2 Å². The quantitative estimate of drug-likeness (QED) is 0.367. The van der Waals surface area contributed by atoms with Crippen LogP contribution in [0.3, 0.4) is 0 Å². The number of carbonyl (C=O) groups is 3. The Morgan fingerprint density at radius 2 is 1.67 bits per heavy atom. The van der Waals surface area contributed by atoms with Crippen LogP contribution >= 0.6 is 23.2 Å². The highest BCUT2D eigenvalue weighted by molar-refractivity contribution is 6.18. The number of ether oxygens (including phenoxy) is 1. The molecule has 2 atom stereocenters. The maximum absolute atomic E-state index is 12.7. The van der Waals surface area contributed by atoms with Gasteiger partial charge in [0, 0.05) is 31.3 Å². The molecule has 9 heteroatoms. The van der Waals surface area contributed by atoms with Crippen molar-refractivity contribution in [3.05, 3.63) is 35.9 Å². The molecule has 0 fully saturated rings. The van der Waals surface area contributed by atoms with E-state index in [0.29, 0.717) is 0 Å². The molecule has 0 aliphatic heterocycles. The molecule has 1 unspecified atom stereocenters. The number of nitrogens with zero attached hydrogens (tertiary/aromatic N) is 1. The van der Waals surface area contributed by atoms with Crippen LogP contribution in [0.25, 0.3) is 0 Å². The van der Waals surface area contributed by atoms with E-state index in [1.807, 2.05) is 18.2 Å². The van der Waals surface area contributed by atoms with Crippen molar-refractivity contribution in [3.63, 3.8) is 0 Å². The van der Waals surface area contributed by atoms with Gasteiger partial charge in [0.25, 0.3) is 0 Å². The molecule has 0 aliphatic rings. The molecule has 168 valence electrons. The van der Waals surface area contributed by atoms with Gasteiger partial charge in [-0.15, -0.1) is 23.2 Å². The van der Waals surface area contributed by atoms with Gasteiger partial charge in [0.2, 0.25) is 5.91 Å². The molecular weight excluding hydrogens is 431 g/mol. The topological polar surface area (TPSA) is 95.9 Å². The van der Waals surface area contributed by atoms with Crippen molar-refractivity contribution >= 4 is 41.0 Å². The fraction of sp³-hybridized carbons (Fsp3) is 0.571. The van der Waals surface area contributed by atoms with Gasteiger partial charge in [-0.1, -0.05) is 30.3 Å². The number of halogens is 2. The van der Waals surface area contributed by atoms with Crippen molar-refractivity contribution in [2.45, 2.75) is 51.3 Å². The van der Waals surface area contributed by atoms with Gasteiger partial charge in [0.1, 0.15) is 17.7 Å². The first-order chi connectivity index (χ1) is 14.1. The zero-order valence-corrected chi connectivity index (χ0v) is 19.1. The number of rotatable bonds is 12. The Labute approximate surface area is 187 Å². The molecule has 0 spiro atoms. The van der Waals surface area contributed by atoms with Crippen LogP contribution in [-0.2, 0) is 25.5 Å². The molecule has 0 aromatic heterocycles. The van der Waals surface area contributed by atoms with E-state index in [1.165, 1.54) is 0 Å². The molecule has 0 saturated carbocycles. The molecule has 0 radical (unpaired) electrons. The number of carboxylic acids is 1. The number of amides is 1. The summed E-state index contributed by atoms with van der Waals surface area (Å²) < 4.78 is 5.41. The number of carbonyl (C=O) groups excluding carboxylic acids is 2. The minimum Gasteiger partial charge on any atom is -0.480 e. The number of esters is 1. The zero-order chi connectivity index (χ0) is 22.7. The predicted molar refractivity (Wildman–Crippen MR) is 117 cm³/mol. The molecule has 30 heavy (non-hydrogen) atoms. The third-order valence-corrected chi connectivity index (χ3v) is 4.50. The molecule has 1 aromatic rings. The lowest BCUT2D eigenvalue weighted by Gasteiger charge is -2.31. The summed E-state index contributed by atoms with van der Waals surface area (Å²) in [5.41, 5.74) is -0.0110. The second kappa shape index (κ2) is 12.8. The summed E-state index contributed by atoms with van der Waals surface area (Å²) in [5, 5.41) is 12.4. The summed E-state index contributed by atoms with van der Waals surface area (Å²) in [6.07, 6.45) is -0.108. The third-order valence-electron chi connectivity index (χ3n) is 4.16. The van der Waals surface area contributed by atoms with Gasteiger partial charge in [-0.05, 0) is 26.3 Å². The van der Waals surface area contributed by atoms with Gasteiger partial charge in [0.15, 0.2) is 0 Å². The smallest absolute Gasteiger partial charge is 0.329 e. The van der Waals surface area contributed by atoms with Crippen molar-refractivity contribution in [2.24, 2.45) is 0 Å². The Morgan fingerprint density at radius 3 is 2.13 bits per heavy atom. The van der Waals surface area contributed by atoms with E-state index in [4.69, 9.17) is 27.9 Å². The average molecular weight is 461 g/mol. The van der Waals surface area contributed by atoms with E-state index < -0.39 is 35.5 Å². The summed E-state index contributed by atoms with van der Waals surface area (Å²) >= 11 is 11.6. The molecular formula is C21H30Cl2N2O5. The van der Waals surface area contributed by atoms with Crippen LogP contribution in [0.4, 0.5) is 0 Å². The fourth-order valence-corrected chi connectivity index (χ4v) is 3.32. The van der Waals surface area contributed by atoms with Crippen LogP contribution in [0.15, 0.2) is 30.3 Å². The molecule has 2 N–H and O–H groups in total. The molecule has 1 amide bonds. The average Bonchev–Trinajstić information content (AvgIpc) is 2.64. The summed E-state index contributed by atoms with van der Waals surface area (Å²) in [4.78, 5) is 38.8. The van der Waals surface area contributed by atoms with Gasteiger partial charge in [-0.2, -0.15) is 0 Å². The lowest BCUT2D eigenvalue weighted by atomic mass is 10.0. The maximum Gasteiger partial charge on any atom is 0.329 e. The summed E-state index contributed by atoms with van der Waals surface area (Å²) in [5.74, 6) is -1.80. The Bertz CT molecular complexity index is 688. The van der Waals surface area contributed by atoms with E-state index in [2.05, 4.69) is 5.32 Å². The molecule has 7 nitrogen and oxygen atoms in total. The van der Waals surface area contributed by atoms with E-state index in [9.17, 15) is 19.5 Å². The van der Waals surface area contributed by atoms with Gasteiger partial charge in [-0.3, -0.25) is 14.5 Å². The lowest BCUT2D eigenvalue weighted by molar-refractivity contribution is -0.160. The molecule has 1 aromatic carbocycles. The van der Waals surface area contributed by atoms with Crippen LogP contribution in [-0.4, -0.2) is 70.4 Å². The Kier molecular flexibility index (Phi) is 11.2. The number of aliphatic carboxylic acids is 1. The van der Waals surface area contributed by atoms with Crippen LogP contribution in [0.1, 0.15) is 32.8 Å². The zero-order valence-electron chi connectivity index (χ0n) is 17.6. The van der Waals surface area contributed by atoms with Gasteiger partial charge in [0.05, 0.1) is 6.42 Å². The van der Waals surface area contributed by atoms with E-state index in [0.717, 1.165) is 5.56 Å². The molecule has 0 bridgehead atoms. The number of carboxylic acid groups (broad SMARTS) is 1. The second-order valence-corrected chi connectivity index (χ2v) is 8.58. The van der Waals surface area contributed by atoms with Crippen molar-refractivity contribution in [1.82, 2.24) is 10.2 Å². The third kappa shape index (κ3) is 9.78. The Balaban J connectivity index is 3.03. The van der Waals surface area contributed by atoms with E-state index >= 15 is 0 Å². The van der Waals surface area contributed by atoms with Crippen molar-refractivity contribution in [2.75, 3.05) is 24.8 Å². The second-order valence-electron chi connectivity index (χ2n) is 7.82. The number of hydrogen-bond acceptors (Lipinski definition) is 5. The Hall–Kier alpha value is -1.83. The number of benzene rings is 1. The number of hydrogen-bond donors (Lipinski definition) is 2. The standard InChI is InChI=1S/C21H30Cl2N2O5/c1-21(2,3)30-20(29)16(24-18(26)13-15-7-5-4-6-8-15)14-17(19(27)28)25(11-9-22)12-10-23/h4-8,16-17H,9-14H2,1-3H3,(H,24,26)(H,27,28)/t16-,17?/m0/s1. The highest BCUT2D eigenvalue weighted by Gasteiger charge is 2.34. The van der Waals surface area contributed by atoms with E-state index in [1.54, 1.807) is 37.8 Å². The molecule has 1 rings (SSSR count). The monoisotopic (exact) mass is 460 g/mol.